The van der Waals surface area contributed by atoms with E-state index in [2.05, 4.69) is 4.72 Å². The molecule has 1 atom stereocenters. The molecule has 94 valence electrons. The molecule has 0 bridgehead atoms. The Morgan fingerprint density at radius 2 is 2.06 bits per heavy atom. The Bertz CT molecular complexity index is 511. The van der Waals surface area contributed by atoms with Gasteiger partial charge in [0.05, 0.1) is 10.9 Å². The lowest BCUT2D eigenvalue weighted by atomic mass is 10.2. The standard InChI is InChI=1S/C11H17N3O2S/c1-3-9(11(12)13)14-17(15,16)10-7-5-4-6-8(10)2/h4-7,9,14H,3H2,1-2H3,(H3,12,13). The van der Waals surface area contributed by atoms with Crippen LogP contribution in [0.15, 0.2) is 29.2 Å². The highest BCUT2D eigenvalue weighted by Crippen LogP contribution is 2.14. The molecular formula is C11H17N3O2S. The number of sulfonamides is 1. The molecule has 1 rings (SSSR count). The molecule has 4 N–H and O–H groups in total. The number of amidine groups is 1. The van der Waals surface area contributed by atoms with E-state index in [-0.39, 0.29) is 10.7 Å². The Hall–Kier alpha value is -1.40. The molecule has 0 radical (unpaired) electrons. The van der Waals surface area contributed by atoms with Gasteiger partial charge in [-0.3, -0.25) is 5.41 Å². The van der Waals surface area contributed by atoms with Crippen LogP contribution in [-0.4, -0.2) is 20.3 Å². The molecule has 0 aliphatic carbocycles. The molecule has 0 saturated carbocycles. The number of benzene rings is 1. The maximum Gasteiger partial charge on any atom is 0.241 e. The number of hydrogen-bond donors (Lipinski definition) is 3. The normalized spacial score (nSPS) is 13.3. The van der Waals surface area contributed by atoms with Crippen LogP contribution < -0.4 is 10.5 Å². The van der Waals surface area contributed by atoms with Gasteiger partial charge in [-0.1, -0.05) is 25.1 Å². The van der Waals surface area contributed by atoms with Gasteiger partial charge in [0.25, 0.3) is 0 Å². The van der Waals surface area contributed by atoms with Gasteiger partial charge in [0.15, 0.2) is 0 Å². The van der Waals surface area contributed by atoms with E-state index >= 15 is 0 Å². The zero-order valence-electron chi connectivity index (χ0n) is 9.90. The molecule has 0 aliphatic heterocycles. The second kappa shape index (κ2) is 5.29. The van der Waals surface area contributed by atoms with Crippen molar-refractivity contribution in [3.63, 3.8) is 0 Å². The van der Waals surface area contributed by atoms with E-state index in [0.29, 0.717) is 12.0 Å². The highest BCUT2D eigenvalue weighted by atomic mass is 32.2. The molecule has 0 fully saturated rings. The largest absolute Gasteiger partial charge is 0.386 e. The summed E-state index contributed by atoms with van der Waals surface area (Å²) >= 11 is 0. The third kappa shape index (κ3) is 3.28. The maximum absolute atomic E-state index is 12.1. The molecule has 0 spiro atoms. The predicted octanol–water partition coefficient (Wildman–Crippen LogP) is 0.988. The highest BCUT2D eigenvalue weighted by Gasteiger charge is 2.21. The highest BCUT2D eigenvalue weighted by molar-refractivity contribution is 7.89. The quantitative estimate of drug-likeness (QED) is 0.540. The first-order valence-corrected chi connectivity index (χ1v) is 6.78. The summed E-state index contributed by atoms with van der Waals surface area (Å²) in [6, 6.07) is 6.04. The van der Waals surface area contributed by atoms with Crippen LogP contribution in [0.4, 0.5) is 0 Å². The molecule has 1 aromatic carbocycles. The summed E-state index contributed by atoms with van der Waals surface area (Å²) in [6.45, 7) is 3.50. The summed E-state index contributed by atoms with van der Waals surface area (Å²) < 4.78 is 26.5. The van der Waals surface area contributed by atoms with Crippen molar-refractivity contribution in [1.82, 2.24) is 4.72 Å². The van der Waals surface area contributed by atoms with Crippen LogP contribution in [-0.2, 0) is 10.0 Å². The SMILES string of the molecule is CCC(NS(=O)(=O)c1ccccc1C)C(=N)N. The van der Waals surface area contributed by atoms with E-state index in [1.807, 2.05) is 0 Å². The van der Waals surface area contributed by atoms with Crippen molar-refractivity contribution in [3.05, 3.63) is 29.8 Å². The van der Waals surface area contributed by atoms with Gasteiger partial charge in [0.1, 0.15) is 5.84 Å². The lowest BCUT2D eigenvalue weighted by molar-refractivity contribution is 0.570. The van der Waals surface area contributed by atoms with Gasteiger partial charge in [-0.15, -0.1) is 0 Å². The van der Waals surface area contributed by atoms with E-state index in [9.17, 15) is 8.42 Å². The fraction of sp³-hybridized carbons (Fsp3) is 0.364. The summed E-state index contributed by atoms with van der Waals surface area (Å²) in [6.07, 6.45) is 0.445. The number of hydrogen-bond acceptors (Lipinski definition) is 3. The molecule has 0 aliphatic rings. The third-order valence-corrected chi connectivity index (χ3v) is 4.10. The van der Waals surface area contributed by atoms with Gasteiger partial charge >= 0.3 is 0 Å². The monoisotopic (exact) mass is 255 g/mol. The van der Waals surface area contributed by atoms with E-state index in [1.165, 1.54) is 6.07 Å². The topological polar surface area (TPSA) is 96.0 Å². The van der Waals surface area contributed by atoms with E-state index in [1.54, 1.807) is 32.0 Å². The van der Waals surface area contributed by atoms with Gasteiger partial charge in [0, 0.05) is 0 Å². The second-order valence-electron chi connectivity index (χ2n) is 3.80. The van der Waals surface area contributed by atoms with E-state index < -0.39 is 16.1 Å². The molecule has 6 heteroatoms. The van der Waals surface area contributed by atoms with Gasteiger partial charge in [-0.2, -0.15) is 0 Å². The fourth-order valence-corrected chi connectivity index (χ4v) is 3.02. The molecule has 0 aromatic heterocycles. The summed E-state index contributed by atoms with van der Waals surface area (Å²) in [5.41, 5.74) is 5.99. The van der Waals surface area contributed by atoms with Crippen molar-refractivity contribution in [2.24, 2.45) is 5.73 Å². The van der Waals surface area contributed by atoms with E-state index in [0.717, 1.165) is 0 Å². The van der Waals surface area contributed by atoms with Crippen LogP contribution >= 0.6 is 0 Å². The number of nitrogens with two attached hydrogens (primary N) is 1. The minimum Gasteiger partial charge on any atom is -0.386 e. The van der Waals surface area contributed by atoms with Crippen LogP contribution in [0.3, 0.4) is 0 Å². The Kier molecular flexibility index (Phi) is 4.25. The molecule has 1 aromatic rings. The van der Waals surface area contributed by atoms with Gasteiger partial charge in [-0.25, -0.2) is 13.1 Å². The number of nitrogens with one attached hydrogen (secondary N) is 2. The molecule has 0 heterocycles. The lowest BCUT2D eigenvalue weighted by Crippen LogP contribution is -2.43. The molecular weight excluding hydrogens is 238 g/mol. The molecule has 5 nitrogen and oxygen atoms in total. The van der Waals surface area contributed by atoms with Crippen molar-refractivity contribution in [1.29, 1.82) is 5.41 Å². The Labute approximate surface area is 102 Å². The lowest BCUT2D eigenvalue weighted by Gasteiger charge is -2.16. The summed E-state index contributed by atoms with van der Waals surface area (Å²) in [5.74, 6) is -0.176. The molecule has 0 amide bonds. The van der Waals surface area contributed by atoms with Gasteiger partial charge in [-0.05, 0) is 25.0 Å². The van der Waals surface area contributed by atoms with Crippen LogP contribution in [0.25, 0.3) is 0 Å². The minimum absolute atomic E-state index is 0.176. The first-order chi connectivity index (χ1) is 7.88. The van der Waals surface area contributed by atoms with Crippen LogP contribution in [0.2, 0.25) is 0 Å². The van der Waals surface area contributed by atoms with Crippen molar-refractivity contribution < 1.29 is 8.42 Å². The minimum atomic E-state index is -3.62. The molecule has 0 saturated heterocycles. The van der Waals surface area contributed by atoms with Crippen molar-refractivity contribution in [2.45, 2.75) is 31.2 Å². The van der Waals surface area contributed by atoms with Crippen LogP contribution in [0.5, 0.6) is 0 Å². The Balaban J connectivity index is 3.05. The van der Waals surface area contributed by atoms with Crippen LogP contribution in [0.1, 0.15) is 18.9 Å². The summed E-state index contributed by atoms with van der Waals surface area (Å²) in [5, 5.41) is 7.30. The smallest absolute Gasteiger partial charge is 0.241 e. The average Bonchev–Trinajstić information content (AvgIpc) is 2.26. The fourth-order valence-electron chi connectivity index (χ4n) is 1.48. The number of rotatable bonds is 5. The Morgan fingerprint density at radius 3 is 2.53 bits per heavy atom. The zero-order valence-corrected chi connectivity index (χ0v) is 10.7. The summed E-state index contributed by atoms with van der Waals surface area (Å²) in [4.78, 5) is 0.222. The molecule has 17 heavy (non-hydrogen) atoms. The first-order valence-electron chi connectivity index (χ1n) is 5.30. The van der Waals surface area contributed by atoms with Gasteiger partial charge < -0.3 is 5.73 Å². The Morgan fingerprint density at radius 1 is 1.47 bits per heavy atom. The first kappa shape index (κ1) is 13.7. The van der Waals surface area contributed by atoms with Crippen molar-refractivity contribution in [2.75, 3.05) is 0 Å². The van der Waals surface area contributed by atoms with Crippen molar-refractivity contribution >= 4 is 15.9 Å². The van der Waals surface area contributed by atoms with Crippen LogP contribution in [0, 0.1) is 12.3 Å². The third-order valence-electron chi connectivity index (χ3n) is 2.46. The average molecular weight is 255 g/mol. The zero-order chi connectivity index (χ0) is 13.1. The van der Waals surface area contributed by atoms with Crippen molar-refractivity contribution in [3.8, 4) is 0 Å². The predicted molar refractivity (Wildman–Crippen MR) is 67.5 cm³/mol. The second-order valence-corrected chi connectivity index (χ2v) is 5.49. The van der Waals surface area contributed by atoms with E-state index in [4.69, 9.17) is 11.1 Å². The number of aryl methyl sites for hydroxylation is 1. The summed E-state index contributed by atoms with van der Waals surface area (Å²) in [7, 11) is -3.62. The van der Waals surface area contributed by atoms with Gasteiger partial charge in [0.2, 0.25) is 10.0 Å². The molecule has 1 unspecified atom stereocenters. The maximum atomic E-state index is 12.1.